The summed E-state index contributed by atoms with van der Waals surface area (Å²) in [7, 11) is 1.87. The lowest BCUT2D eigenvalue weighted by atomic mass is 10.2. The van der Waals surface area contributed by atoms with E-state index in [0.717, 1.165) is 17.8 Å². The Morgan fingerprint density at radius 2 is 2.15 bits per heavy atom. The summed E-state index contributed by atoms with van der Waals surface area (Å²) < 4.78 is 8.58. The van der Waals surface area contributed by atoms with E-state index in [2.05, 4.69) is 5.10 Å². The van der Waals surface area contributed by atoms with Gasteiger partial charge in [-0.05, 0) is 30.7 Å². The van der Waals surface area contributed by atoms with Gasteiger partial charge in [0, 0.05) is 12.7 Å². The molecule has 0 radical (unpaired) electrons. The minimum Gasteiger partial charge on any atom is -0.408 e. The van der Waals surface area contributed by atoms with Crippen LogP contribution in [0.5, 0.6) is 0 Å². The quantitative estimate of drug-likeness (QED) is 0.733. The van der Waals surface area contributed by atoms with Gasteiger partial charge in [0.05, 0.1) is 23.4 Å². The predicted molar refractivity (Wildman–Crippen MR) is 76.6 cm³/mol. The van der Waals surface area contributed by atoms with Crippen molar-refractivity contribution < 1.29 is 4.42 Å². The smallest absolute Gasteiger partial charge is 0.408 e. The molecule has 104 valence electrons. The summed E-state index contributed by atoms with van der Waals surface area (Å²) >= 11 is 0. The molecule has 6 heteroatoms. The van der Waals surface area contributed by atoms with Crippen molar-refractivity contribution in [3.05, 3.63) is 46.2 Å². The Morgan fingerprint density at radius 3 is 2.85 bits per heavy atom. The minimum atomic E-state index is -0.384. The van der Waals surface area contributed by atoms with Crippen molar-refractivity contribution in [1.29, 1.82) is 0 Å². The Morgan fingerprint density at radius 1 is 1.35 bits per heavy atom. The third kappa shape index (κ3) is 1.99. The van der Waals surface area contributed by atoms with Gasteiger partial charge in [0.25, 0.3) is 0 Å². The summed E-state index contributed by atoms with van der Waals surface area (Å²) in [6, 6.07) is 7.17. The Balaban J connectivity index is 2.10. The number of benzene rings is 1. The zero-order valence-corrected chi connectivity index (χ0v) is 11.5. The molecule has 0 amide bonds. The standard InChI is InChI=1S/C14H16N4O2/c1-3-10-7-11(17(2)16-10)8-18-12-6-9(15)4-5-13(12)20-14(18)19/h4-7H,3,8,15H2,1-2H3. The van der Waals surface area contributed by atoms with Crippen molar-refractivity contribution in [3.63, 3.8) is 0 Å². The summed E-state index contributed by atoms with van der Waals surface area (Å²) in [6.07, 6.45) is 0.863. The molecule has 0 atom stereocenters. The molecule has 3 rings (SSSR count). The van der Waals surface area contributed by atoms with Crippen LogP contribution in [0.1, 0.15) is 18.3 Å². The average molecular weight is 272 g/mol. The van der Waals surface area contributed by atoms with Crippen LogP contribution in [-0.4, -0.2) is 14.3 Å². The van der Waals surface area contributed by atoms with E-state index in [4.69, 9.17) is 10.2 Å². The van der Waals surface area contributed by atoms with Gasteiger partial charge in [-0.1, -0.05) is 6.92 Å². The van der Waals surface area contributed by atoms with E-state index < -0.39 is 0 Å². The largest absolute Gasteiger partial charge is 0.420 e. The molecular formula is C14H16N4O2. The number of nitrogens with zero attached hydrogens (tertiary/aromatic N) is 3. The molecule has 2 aromatic heterocycles. The Labute approximate surface area is 115 Å². The normalized spacial score (nSPS) is 11.3. The van der Waals surface area contributed by atoms with Crippen LogP contribution in [-0.2, 0) is 20.0 Å². The lowest BCUT2D eigenvalue weighted by Gasteiger charge is -2.03. The highest BCUT2D eigenvalue weighted by atomic mass is 16.4. The lowest BCUT2D eigenvalue weighted by Crippen LogP contribution is -2.16. The van der Waals surface area contributed by atoms with Crippen LogP contribution in [0.2, 0.25) is 0 Å². The van der Waals surface area contributed by atoms with E-state index in [1.165, 1.54) is 0 Å². The molecule has 6 nitrogen and oxygen atoms in total. The van der Waals surface area contributed by atoms with E-state index >= 15 is 0 Å². The molecule has 2 N–H and O–H groups in total. The number of hydrogen-bond donors (Lipinski definition) is 1. The van der Waals surface area contributed by atoms with Gasteiger partial charge < -0.3 is 10.2 Å². The molecule has 0 aliphatic rings. The minimum absolute atomic E-state index is 0.384. The summed E-state index contributed by atoms with van der Waals surface area (Å²) in [4.78, 5) is 12.0. The second-order valence-electron chi connectivity index (χ2n) is 4.79. The molecule has 0 aliphatic heterocycles. The zero-order chi connectivity index (χ0) is 14.3. The number of nitrogen functional groups attached to an aromatic ring is 1. The summed E-state index contributed by atoms with van der Waals surface area (Å²) in [5, 5.41) is 4.38. The number of rotatable bonds is 3. The lowest BCUT2D eigenvalue weighted by molar-refractivity contribution is 0.511. The van der Waals surface area contributed by atoms with Crippen molar-refractivity contribution in [2.75, 3.05) is 5.73 Å². The molecule has 0 spiro atoms. The molecule has 0 fully saturated rings. The van der Waals surface area contributed by atoms with Crippen LogP contribution >= 0.6 is 0 Å². The second-order valence-corrected chi connectivity index (χ2v) is 4.79. The number of aryl methyl sites for hydroxylation is 2. The summed E-state index contributed by atoms with van der Waals surface area (Å²) in [5.74, 6) is -0.384. The van der Waals surface area contributed by atoms with Gasteiger partial charge in [-0.2, -0.15) is 5.10 Å². The van der Waals surface area contributed by atoms with Crippen LogP contribution in [0.25, 0.3) is 11.1 Å². The molecule has 2 heterocycles. The summed E-state index contributed by atoms with van der Waals surface area (Å²) in [6.45, 7) is 2.46. The first-order valence-corrected chi connectivity index (χ1v) is 6.49. The fourth-order valence-electron chi connectivity index (χ4n) is 2.28. The maximum atomic E-state index is 12.0. The van der Waals surface area contributed by atoms with Gasteiger partial charge in [0.15, 0.2) is 5.58 Å². The molecule has 3 aromatic rings. The third-order valence-corrected chi connectivity index (χ3v) is 3.40. The van der Waals surface area contributed by atoms with Crippen molar-refractivity contribution in [2.24, 2.45) is 7.05 Å². The molecule has 0 aliphatic carbocycles. The van der Waals surface area contributed by atoms with E-state index in [9.17, 15) is 4.79 Å². The number of fused-ring (bicyclic) bond motifs is 1. The zero-order valence-electron chi connectivity index (χ0n) is 11.5. The van der Waals surface area contributed by atoms with Crippen LogP contribution in [0.15, 0.2) is 33.5 Å². The van der Waals surface area contributed by atoms with Gasteiger partial charge in [0.2, 0.25) is 0 Å². The van der Waals surface area contributed by atoms with Crippen LogP contribution < -0.4 is 11.5 Å². The predicted octanol–water partition coefficient (Wildman–Crippen LogP) is 1.52. The average Bonchev–Trinajstić information content (AvgIpc) is 2.92. The van der Waals surface area contributed by atoms with Crippen molar-refractivity contribution in [1.82, 2.24) is 14.3 Å². The SMILES string of the molecule is CCc1cc(Cn2c(=O)oc3ccc(N)cc32)n(C)n1. The first kappa shape index (κ1) is 12.5. The van der Waals surface area contributed by atoms with Gasteiger partial charge in [-0.15, -0.1) is 0 Å². The van der Waals surface area contributed by atoms with E-state index in [1.807, 2.05) is 20.0 Å². The maximum absolute atomic E-state index is 12.0. The van der Waals surface area contributed by atoms with Crippen molar-refractivity contribution >= 4 is 16.8 Å². The van der Waals surface area contributed by atoms with Crippen molar-refractivity contribution in [2.45, 2.75) is 19.9 Å². The fourth-order valence-corrected chi connectivity index (χ4v) is 2.28. The van der Waals surface area contributed by atoms with Gasteiger partial charge in [-0.3, -0.25) is 9.25 Å². The number of oxazole rings is 1. The maximum Gasteiger partial charge on any atom is 0.420 e. The Bertz CT molecular complexity index is 825. The second kappa shape index (κ2) is 4.56. The molecule has 20 heavy (non-hydrogen) atoms. The first-order valence-electron chi connectivity index (χ1n) is 6.49. The first-order chi connectivity index (χ1) is 9.58. The Hall–Kier alpha value is -2.50. The van der Waals surface area contributed by atoms with Gasteiger partial charge >= 0.3 is 5.76 Å². The van der Waals surface area contributed by atoms with Crippen LogP contribution in [0.3, 0.4) is 0 Å². The molecular weight excluding hydrogens is 256 g/mol. The highest BCUT2D eigenvalue weighted by molar-refractivity contribution is 5.77. The van der Waals surface area contributed by atoms with E-state index in [1.54, 1.807) is 27.4 Å². The molecule has 0 saturated carbocycles. The third-order valence-electron chi connectivity index (χ3n) is 3.40. The Kier molecular flexibility index (Phi) is 2.85. The highest BCUT2D eigenvalue weighted by Crippen LogP contribution is 2.17. The van der Waals surface area contributed by atoms with Crippen LogP contribution in [0.4, 0.5) is 5.69 Å². The highest BCUT2D eigenvalue weighted by Gasteiger charge is 2.12. The number of nitrogens with two attached hydrogens (primary N) is 1. The van der Waals surface area contributed by atoms with Crippen LogP contribution in [0, 0.1) is 0 Å². The number of aromatic nitrogens is 3. The van der Waals surface area contributed by atoms with Gasteiger partial charge in [0.1, 0.15) is 0 Å². The van der Waals surface area contributed by atoms with Crippen molar-refractivity contribution in [3.8, 4) is 0 Å². The summed E-state index contributed by atoms with van der Waals surface area (Å²) in [5.41, 5.74) is 9.58. The monoisotopic (exact) mass is 272 g/mol. The fraction of sp³-hybridized carbons (Fsp3) is 0.286. The molecule has 0 saturated heterocycles. The molecule has 0 unspecified atom stereocenters. The number of anilines is 1. The topological polar surface area (TPSA) is 79.0 Å². The number of hydrogen-bond acceptors (Lipinski definition) is 4. The van der Waals surface area contributed by atoms with E-state index in [0.29, 0.717) is 23.3 Å². The molecule has 0 bridgehead atoms. The van der Waals surface area contributed by atoms with E-state index in [-0.39, 0.29) is 5.76 Å². The van der Waals surface area contributed by atoms with Gasteiger partial charge in [-0.25, -0.2) is 4.79 Å². The molecule has 1 aromatic carbocycles.